The van der Waals surface area contributed by atoms with Crippen molar-refractivity contribution in [2.24, 2.45) is 20.0 Å². The molecule has 0 amide bonds. The van der Waals surface area contributed by atoms with E-state index in [0.717, 1.165) is 34.9 Å². The SMILES string of the molecule is C[C@H](CCCOc1c(-c2cc(C(=O)O)cn(C)c2=O)cnn1C)Cn1c(N)nc2cc(Br)ccc21. The van der Waals surface area contributed by atoms with Crippen LogP contribution in [0.25, 0.3) is 22.2 Å². The molecule has 4 rings (SSSR count). The zero-order chi connectivity index (χ0) is 25.3. The molecule has 0 radical (unpaired) electrons. The molecule has 0 aliphatic heterocycles. The van der Waals surface area contributed by atoms with Gasteiger partial charge in [-0.15, -0.1) is 0 Å². The van der Waals surface area contributed by atoms with Crippen molar-refractivity contribution in [2.75, 3.05) is 12.3 Å². The molecule has 3 heterocycles. The van der Waals surface area contributed by atoms with Crippen LogP contribution in [0.2, 0.25) is 0 Å². The number of carboxylic acid groups (broad SMARTS) is 1. The Balaban J connectivity index is 1.42. The van der Waals surface area contributed by atoms with Gasteiger partial charge in [0.25, 0.3) is 5.56 Å². The van der Waals surface area contributed by atoms with Gasteiger partial charge in [-0.3, -0.25) is 4.79 Å². The number of ether oxygens (including phenoxy) is 1. The van der Waals surface area contributed by atoms with E-state index in [0.29, 0.717) is 29.9 Å². The summed E-state index contributed by atoms with van der Waals surface area (Å²) in [6, 6.07) is 7.29. The Morgan fingerprint density at radius 2 is 2.03 bits per heavy atom. The number of nitrogens with zero attached hydrogens (tertiary/aromatic N) is 5. The number of nitrogens with two attached hydrogens (primary N) is 1. The largest absolute Gasteiger partial charge is 0.478 e. The number of aromatic nitrogens is 5. The van der Waals surface area contributed by atoms with Gasteiger partial charge in [-0.1, -0.05) is 22.9 Å². The molecule has 0 aliphatic rings. The molecule has 3 aromatic heterocycles. The molecule has 4 aromatic rings. The maximum Gasteiger partial charge on any atom is 0.337 e. The third-order valence-electron chi connectivity index (χ3n) is 5.92. The molecule has 184 valence electrons. The number of hydrogen-bond acceptors (Lipinski definition) is 6. The molecule has 0 fully saturated rings. The smallest absolute Gasteiger partial charge is 0.337 e. The number of imidazole rings is 1. The van der Waals surface area contributed by atoms with Crippen LogP contribution in [0.4, 0.5) is 5.95 Å². The minimum absolute atomic E-state index is 0.0179. The van der Waals surface area contributed by atoms with Crippen LogP contribution in [0, 0.1) is 5.92 Å². The molecule has 1 atom stereocenters. The summed E-state index contributed by atoms with van der Waals surface area (Å²) in [4.78, 5) is 28.6. The fraction of sp³-hybridized carbons (Fsp3) is 0.333. The molecule has 0 spiro atoms. The van der Waals surface area contributed by atoms with Gasteiger partial charge in [0, 0.05) is 31.3 Å². The first kappa shape index (κ1) is 24.5. The Morgan fingerprint density at radius 3 is 2.77 bits per heavy atom. The predicted molar refractivity (Wildman–Crippen MR) is 137 cm³/mol. The topological polar surface area (TPSA) is 130 Å². The molecule has 0 saturated carbocycles. The van der Waals surface area contributed by atoms with Gasteiger partial charge in [0.2, 0.25) is 11.8 Å². The lowest BCUT2D eigenvalue weighted by Gasteiger charge is -2.15. The zero-order valence-electron chi connectivity index (χ0n) is 19.7. The fourth-order valence-electron chi connectivity index (χ4n) is 4.12. The highest BCUT2D eigenvalue weighted by molar-refractivity contribution is 9.10. The lowest BCUT2D eigenvalue weighted by Crippen LogP contribution is -2.20. The first-order valence-corrected chi connectivity index (χ1v) is 12.0. The molecular formula is C24H27BrN6O4. The van der Waals surface area contributed by atoms with Crippen LogP contribution in [0.1, 0.15) is 30.1 Å². The number of aryl methyl sites for hydroxylation is 2. The number of pyridine rings is 1. The average molecular weight is 543 g/mol. The van der Waals surface area contributed by atoms with Gasteiger partial charge in [0.15, 0.2) is 0 Å². The lowest BCUT2D eigenvalue weighted by molar-refractivity contribution is 0.0696. The number of hydrogen-bond donors (Lipinski definition) is 2. The Labute approximate surface area is 210 Å². The van der Waals surface area contributed by atoms with Crippen molar-refractivity contribution in [2.45, 2.75) is 26.3 Å². The number of fused-ring (bicyclic) bond motifs is 1. The van der Waals surface area contributed by atoms with Gasteiger partial charge in [-0.2, -0.15) is 5.10 Å². The summed E-state index contributed by atoms with van der Waals surface area (Å²) in [5, 5.41) is 13.6. The van der Waals surface area contributed by atoms with Crippen LogP contribution in [0.5, 0.6) is 5.88 Å². The normalized spacial score (nSPS) is 12.2. The summed E-state index contributed by atoms with van der Waals surface area (Å²) in [5.41, 5.74) is 8.40. The van der Waals surface area contributed by atoms with E-state index < -0.39 is 5.97 Å². The number of halogens is 1. The monoisotopic (exact) mass is 542 g/mol. The fourth-order valence-corrected chi connectivity index (χ4v) is 4.47. The number of rotatable bonds is 9. The standard InChI is InChI=1S/C24H27BrN6O4/c1-14(12-31-20-7-6-16(25)10-19(20)28-24(31)26)5-4-8-35-22-18(11-27-30(22)3)17-9-15(23(33)34)13-29(2)21(17)32/h6-7,9-11,13-14H,4-5,8,12H2,1-3H3,(H2,26,28)(H,33,34)/t14-/m1/s1. The van der Waals surface area contributed by atoms with Gasteiger partial charge in [0.1, 0.15) is 0 Å². The maximum atomic E-state index is 12.7. The first-order valence-electron chi connectivity index (χ1n) is 11.2. The van der Waals surface area contributed by atoms with Gasteiger partial charge in [-0.05, 0) is 43.0 Å². The van der Waals surface area contributed by atoms with E-state index in [9.17, 15) is 14.7 Å². The minimum Gasteiger partial charge on any atom is -0.478 e. The van der Waals surface area contributed by atoms with Crippen LogP contribution >= 0.6 is 15.9 Å². The molecule has 1 aromatic carbocycles. The Hall–Kier alpha value is -3.60. The highest BCUT2D eigenvalue weighted by Crippen LogP contribution is 2.28. The third-order valence-corrected chi connectivity index (χ3v) is 6.41. The predicted octanol–water partition coefficient (Wildman–Crippen LogP) is 3.67. The number of anilines is 1. The highest BCUT2D eigenvalue weighted by atomic mass is 79.9. The van der Waals surface area contributed by atoms with Crippen molar-refractivity contribution < 1.29 is 14.6 Å². The Morgan fingerprint density at radius 1 is 1.26 bits per heavy atom. The highest BCUT2D eigenvalue weighted by Gasteiger charge is 2.19. The maximum absolute atomic E-state index is 12.7. The van der Waals surface area contributed by atoms with E-state index in [1.165, 1.54) is 30.1 Å². The van der Waals surface area contributed by atoms with Gasteiger partial charge in [-0.25, -0.2) is 14.5 Å². The van der Waals surface area contributed by atoms with Crippen molar-refractivity contribution in [1.82, 2.24) is 23.9 Å². The molecule has 0 aliphatic carbocycles. The second-order valence-corrected chi connectivity index (χ2v) is 9.58. The van der Waals surface area contributed by atoms with E-state index in [2.05, 4.69) is 32.9 Å². The summed E-state index contributed by atoms with van der Waals surface area (Å²) >= 11 is 3.46. The van der Waals surface area contributed by atoms with Crippen molar-refractivity contribution in [1.29, 1.82) is 0 Å². The number of benzene rings is 1. The summed E-state index contributed by atoms with van der Waals surface area (Å²) in [6.07, 6.45) is 4.48. The Bertz CT molecular complexity index is 1450. The number of aromatic carboxylic acids is 1. The van der Waals surface area contributed by atoms with E-state index in [-0.39, 0.29) is 16.7 Å². The van der Waals surface area contributed by atoms with Crippen molar-refractivity contribution in [3.05, 3.63) is 57.0 Å². The number of carbonyl (C=O) groups is 1. The van der Waals surface area contributed by atoms with E-state index in [4.69, 9.17) is 10.5 Å². The summed E-state index contributed by atoms with van der Waals surface area (Å²) < 4.78 is 11.8. The number of carboxylic acids is 1. The molecule has 35 heavy (non-hydrogen) atoms. The molecule has 3 N–H and O–H groups in total. The lowest BCUT2D eigenvalue weighted by atomic mass is 10.1. The van der Waals surface area contributed by atoms with Crippen LogP contribution in [0.15, 0.2) is 45.9 Å². The number of nitrogen functional groups attached to an aromatic ring is 1. The van der Waals surface area contributed by atoms with Gasteiger partial charge >= 0.3 is 5.97 Å². The van der Waals surface area contributed by atoms with Crippen LogP contribution < -0.4 is 16.0 Å². The summed E-state index contributed by atoms with van der Waals surface area (Å²) in [6.45, 7) is 3.31. The van der Waals surface area contributed by atoms with E-state index in [1.807, 2.05) is 22.8 Å². The summed E-state index contributed by atoms with van der Waals surface area (Å²) in [7, 11) is 3.24. The van der Waals surface area contributed by atoms with Crippen molar-refractivity contribution in [3.63, 3.8) is 0 Å². The Kier molecular flexibility index (Phi) is 6.97. The third kappa shape index (κ3) is 5.09. The quantitative estimate of drug-likeness (QED) is 0.308. The molecule has 11 heteroatoms. The van der Waals surface area contributed by atoms with Crippen molar-refractivity contribution >= 4 is 38.9 Å². The van der Waals surface area contributed by atoms with Crippen molar-refractivity contribution in [3.8, 4) is 17.0 Å². The first-order chi connectivity index (χ1) is 16.7. The van der Waals surface area contributed by atoms with E-state index in [1.54, 1.807) is 11.7 Å². The summed E-state index contributed by atoms with van der Waals surface area (Å²) in [5.74, 6) is 0.132. The molecular weight excluding hydrogens is 516 g/mol. The van der Waals surface area contributed by atoms with Gasteiger partial charge in [0.05, 0.1) is 40.5 Å². The average Bonchev–Trinajstić information content (AvgIpc) is 3.31. The second-order valence-electron chi connectivity index (χ2n) is 8.66. The molecule has 0 saturated heterocycles. The van der Waals surface area contributed by atoms with Gasteiger partial charge < -0.3 is 24.7 Å². The van der Waals surface area contributed by atoms with Crippen LogP contribution in [-0.4, -0.2) is 41.6 Å². The second kappa shape index (κ2) is 9.95. The van der Waals surface area contributed by atoms with E-state index >= 15 is 0 Å². The zero-order valence-corrected chi connectivity index (χ0v) is 21.3. The molecule has 0 unspecified atom stereocenters. The van der Waals surface area contributed by atoms with Crippen LogP contribution in [0.3, 0.4) is 0 Å². The van der Waals surface area contributed by atoms with Crippen LogP contribution in [-0.2, 0) is 20.6 Å². The molecule has 0 bridgehead atoms. The molecule has 10 nitrogen and oxygen atoms in total. The minimum atomic E-state index is -1.11.